The van der Waals surface area contributed by atoms with Crippen molar-refractivity contribution in [1.82, 2.24) is 4.57 Å². The van der Waals surface area contributed by atoms with E-state index in [-0.39, 0.29) is 0 Å². The predicted molar refractivity (Wildman–Crippen MR) is 90.6 cm³/mol. The molecular formula is C19H18N2O. The first-order chi connectivity index (χ1) is 10.9. The first-order valence-electron chi connectivity index (χ1n) is 7.36. The molecule has 2 aromatic carbocycles. The fraction of sp³-hybridized carbons (Fsp3) is 0.105. The van der Waals surface area contributed by atoms with Crippen LogP contribution in [-0.4, -0.2) is 17.4 Å². The van der Waals surface area contributed by atoms with Crippen LogP contribution in [0.1, 0.15) is 12.5 Å². The Hall–Kier alpha value is -2.81. The van der Waals surface area contributed by atoms with Gasteiger partial charge in [-0.25, -0.2) is 0 Å². The number of hydrogen-bond donors (Lipinski definition) is 0. The van der Waals surface area contributed by atoms with Gasteiger partial charge in [0.05, 0.1) is 6.61 Å². The molecule has 0 N–H and O–H groups in total. The van der Waals surface area contributed by atoms with Gasteiger partial charge in [-0.2, -0.15) is 0 Å². The van der Waals surface area contributed by atoms with Crippen LogP contribution in [0, 0.1) is 0 Å². The molecule has 3 nitrogen and oxygen atoms in total. The van der Waals surface area contributed by atoms with Crippen molar-refractivity contribution in [2.24, 2.45) is 4.99 Å². The molecule has 0 unspecified atom stereocenters. The number of rotatable bonds is 5. The molecule has 0 radical (unpaired) electrons. The van der Waals surface area contributed by atoms with E-state index in [1.807, 2.05) is 67.9 Å². The summed E-state index contributed by atoms with van der Waals surface area (Å²) in [5.41, 5.74) is 3.03. The summed E-state index contributed by atoms with van der Waals surface area (Å²) in [6, 6.07) is 20.1. The summed E-state index contributed by atoms with van der Waals surface area (Å²) in [5.74, 6) is 0.809. The van der Waals surface area contributed by atoms with Gasteiger partial charge in [0.2, 0.25) is 0 Å². The second-order valence-corrected chi connectivity index (χ2v) is 4.85. The molecule has 22 heavy (non-hydrogen) atoms. The molecular weight excluding hydrogens is 272 g/mol. The number of aliphatic imine (C=N–C) groups is 1. The highest BCUT2D eigenvalue weighted by molar-refractivity contribution is 5.82. The zero-order valence-corrected chi connectivity index (χ0v) is 12.5. The molecule has 1 heterocycles. The molecule has 0 amide bonds. The fourth-order valence-electron chi connectivity index (χ4n) is 2.24. The van der Waals surface area contributed by atoms with Crippen LogP contribution < -0.4 is 4.74 Å². The predicted octanol–water partition coefficient (Wildman–Crippen LogP) is 4.63. The van der Waals surface area contributed by atoms with Gasteiger partial charge >= 0.3 is 0 Å². The Bertz CT molecular complexity index is 760. The molecule has 0 aliphatic heterocycles. The van der Waals surface area contributed by atoms with Crippen LogP contribution in [0.3, 0.4) is 0 Å². The van der Waals surface area contributed by atoms with E-state index in [1.165, 1.54) is 0 Å². The van der Waals surface area contributed by atoms with Crippen molar-refractivity contribution >= 4 is 11.9 Å². The second kappa shape index (κ2) is 6.76. The summed E-state index contributed by atoms with van der Waals surface area (Å²) < 4.78 is 7.66. The average molecular weight is 290 g/mol. The van der Waals surface area contributed by atoms with Crippen molar-refractivity contribution in [2.75, 3.05) is 6.61 Å². The zero-order valence-electron chi connectivity index (χ0n) is 12.5. The van der Waals surface area contributed by atoms with E-state index < -0.39 is 0 Å². The van der Waals surface area contributed by atoms with E-state index in [2.05, 4.69) is 27.9 Å². The maximum atomic E-state index is 5.58. The molecule has 0 saturated heterocycles. The second-order valence-electron chi connectivity index (χ2n) is 4.85. The van der Waals surface area contributed by atoms with Crippen LogP contribution in [0.15, 0.2) is 78.0 Å². The van der Waals surface area contributed by atoms with E-state index in [9.17, 15) is 0 Å². The Morgan fingerprint density at radius 1 is 1.00 bits per heavy atom. The lowest BCUT2D eigenvalue weighted by Gasteiger charge is -2.05. The molecule has 110 valence electrons. The molecule has 0 saturated carbocycles. The van der Waals surface area contributed by atoms with Gasteiger partial charge in [0.1, 0.15) is 11.4 Å². The molecule has 0 atom stereocenters. The van der Waals surface area contributed by atoms with Gasteiger partial charge < -0.3 is 9.30 Å². The van der Waals surface area contributed by atoms with Gasteiger partial charge in [0.15, 0.2) is 0 Å². The first kappa shape index (κ1) is 14.1. The number of para-hydroxylation sites is 3. The Balaban J connectivity index is 1.81. The monoisotopic (exact) mass is 290 g/mol. The van der Waals surface area contributed by atoms with Crippen molar-refractivity contribution in [3.63, 3.8) is 0 Å². The van der Waals surface area contributed by atoms with Gasteiger partial charge in [-0.3, -0.25) is 4.99 Å². The van der Waals surface area contributed by atoms with E-state index in [0.29, 0.717) is 6.61 Å². The number of ether oxygens (including phenoxy) is 1. The minimum absolute atomic E-state index is 0.636. The van der Waals surface area contributed by atoms with Crippen LogP contribution in [-0.2, 0) is 0 Å². The summed E-state index contributed by atoms with van der Waals surface area (Å²) in [7, 11) is 0. The SMILES string of the molecule is CCOc1ccccc1N=Cc1ccn(-c2ccccc2)c1. The number of aromatic nitrogens is 1. The lowest BCUT2D eigenvalue weighted by atomic mass is 10.3. The zero-order chi connectivity index (χ0) is 15.2. The summed E-state index contributed by atoms with van der Waals surface area (Å²) in [5, 5.41) is 0. The first-order valence-corrected chi connectivity index (χ1v) is 7.36. The molecule has 0 bridgehead atoms. The standard InChI is InChI=1S/C19H18N2O/c1-2-22-19-11-7-6-10-18(19)20-14-16-12-13-21(15-16)17-8-4-3-5-9-17/h3-15H,2H2,1H3. The molecule has 0 spiro atoms. The minimum atomic E-state index is 0.636. The van der Waals surface area contributed by atoms with Gasteiger partial charge in [-0.05, 0) is 37.3 Å². The van der Waals surface area contributed by atoms with Crippen molar-refractivity contribution in [3.8, 4) is 11.4 Å². The average Bonchev–Trinajstić information content (AvgIpc) is 3.04. The molecule has 0 aliphatic rings. The number of benzene rings is 2. The van der Waals surface area contributed by atoms with Crippen molar-refractivity contribution in [1.29, 1.82) is 0 Å². The molecule has 0 aliphatic carbocycles. The quantitative estimate of drug-likeness (QED) is 0.629. The van der Waals surface area contributed by atoms with Crippen molar-refractivity contribution in [2.45, 2.75) is 6.92 Å². The smallest absolute Gasteiger partial charge is 0.144 e. The summed E-state index contributed by atoms with van der Waals surface area (Å²) in [4.78, 5) is 4.54. The van der Waals surface area contributed by atoms with Crippen LogP contribution in [0.4, 0.5) is 5.69 Å². The highest BCUT2D eigenvalue weighted by atomic mass is 16.5. The van der Waals surface area contributed by atoms with Crippen LogP contribution in [0.25, 0.3) is 5.69 Å². The molecule has 1 aromatic heterocycles. The Morgan fingerprint density at radius 3 is 2.59 bits per heavy atom. The summed E-state index contributed by atoms with van der Waals surface area (Å²) in [6.45, 7) is 2.61. The van der Waals surface area contributed by atoms with E-state index in [0.717, 1.165) is 22.7 Å². The Labute approximate surface area is 130 Å². The molecule has 3 aromatic rings. The third-order valence-electron chi connectivity index (χ3n) is 3.29. The van der Waals surface area contributed by atoms with Crippen molar-refractivity contribution in [3.05, 3.63) is 78.6 Å². The Kier molecular flexibility index (Phi) is 4.35. The normalized spacial score (nSPS) is 11.0. The Morgan fingerprint density at radius 2 is 1.77 bits per heavy atom. The van der Waals surface area contributed by atoms with E-state index in [4.69, 9.17) is 4.74 Å². The van der Waals surface area contributed by atoms with Gasteiger partial charge in [0.25, 0.3) is 0 Å². The van der Waals surface area contributed by atoms with Crippen LogP contribution in [0.2, 0.25) is 0 Å². The molecule has 3 rings (SSSR count). The van der Waals surface area contributed by atoms with Gasteiger partial charge in [-0.1, -0.05) is 30.3 Å². The third kappa shape index (κ3) is 3.26. The lowest BCUT2D eigenvalue weighted by molar-refractivity contribution is 0.341. The highest BCUT2D eigenvalue weighted by Crippen LogP contribution is 2.26. The fourth-order valence-corrected chi connectivity index (χ4v) is 2.24. The van der Waals surface area contributed by atoms with Crippen LogP contribution in [0.5, 0.6) is 5.75 Å². The lowest BCUT2D eigenvalue weighted by Crippen LogP contribution is -1.91. The maximum absolute atomic E-state index is 5.58. The minimum Gasteiger partial charge on any atom is -0.492 e. The van der Waals surface area contributed by atoms with Crippen molar-refractivity contribution < 1.29 is 4.74 Å². The number of nitrogens with zero attached hydrogens (tertiary/aromatic N) is 2. The largest absolute Gasteiger partial charge is 0.492 e. The van der Waals surface area contributed by atoms with E-state index in [1.54, 1.807) is 0 Å². The molecule has 0 fully saturated rings. The topological polar surface area (TPSA) is 26.5 Å². The summed E-state index contributed by atoms with van der Waals surface area (Å²) in [6.07, 6.45) is 5.95. The maximum Gasteiger partial charge on any atom is 0.144 e. The van der Waals surface area contributed by atoms with E-state index >= 15 is 0 Å². The highest BCUT2D eigenvalue weighted by Gasteiger charge is 2.00. The van der Waals surface area contributed by atoms with Gasteiger partial charge in [0, 0.05) is 29.9 Å². The summed E-state index contributed by atoms with van der Waals surface area (Å²) >= 11 is 0. The molecule has 3 heteroatoms. The van der Waals surface area contributed by atoms with Gasteiger partial charge in [-0.15, -0.1) is 0 Å². The van der Waals surface area contributed by atoms with Crippen LogP contribution >= 0.6 is 0 Å². The third-order valence-corrected chi connectivity index (χ3v) is 3.29. The number of hydrogen-bond acceptors (Lipinski definition) is 2.